The summed E-state index contributed by atoms with van der Waals surface area (Å²) in [6, 6.07) is 7.16. The molecule has 7 heteroatoms. The van der Waals surface area contributed by atoms with Crippen LogP contribution in [0.25, 0.3) is 5.65 Å². The number of nitrogens with zero attached hydrogens (tertiary/aromatic N) is 3. The van der Waals surface area contributed by atoms with E-state index in [1.165, 1.54) is 17.8 Å². The highest BCUT2D eigenvalue weighted by Crippen LogP contribution is 2.36. The summed E-state index contributed by atoms with van der Waals surface area (Å²) in [5, 5.41) is 11.4. The van der Waals surface area contributed by atoms with Crippen LogP contribution in [-0.2, 0) is 0 Å². The second-order valence-corrected chi connectivity index (χ2v) is 7.07. The Labute approximate surface area is 135 Å². The molecule has 1 saturated carbocycles. The standard InChI is InChI=1S/C15H13ClN4OS/c16-12-7-6-11(22-12)15(21)17-10-5-2-8-20-13(9-3-1-4-9)18-19-14(10)20/h2,5-9H,1,3-4H2,(H,17,21). The molecule has 0 radical (unpaired) electrons. The molecule has 0 unspecified atom stereocenters. The van der Waals surface area contributed by atoms with Crippen molar-refractivity contribution in [3.8, 4) is 0 Å². The molecule has 5 nitrogen and oxygen atoms in total. The number of nitrogens with one attached hydrogen (secondary N) is 1. The second kappa shape index (κ2) is 5.37. The normalized spacial score (nSPS) is 15.0. The summed E-state index contributed by atoms with van der Waals surface area (Å²) in [5.74, 6) is 1.28. The number of carbonyl (C=O) groups excluding carboxylic acids is 1. The number of aromatic nitrogens is 3. The molecule has 3 aromatic heterocycles. The highest BCUT2D eigenvalue weighted by Gasteiger charge is 2.25. The van der Waals surface area contributed by atoms with Crippen molar-refractivity contribution in [3.05, 3.63) is 45.5 Å². The van der Waals surface area contributed by atoms with Crippen LogP contribution in [0, 0.1) is 0 Å². The van der Waals surface area contributed by atoms with Gasteiger partial charge in [0.1, 0.15) is 5.82 Å². The lowest BCUT2D eigenvalue weighted by atomic mass is 9.85. The molecule has 1 aliphatic rings. The molecule has 0 saturated heterocycles. The number of halogens is 1. The fourth-order valence-corrected chi connectivity index (χ4v) is 3.53. The average Bonchev–Trinajstić information content (AvgIpc) is 3.05. The lowest BCUT2D eigenvalue weighted by molar-refractivity contribution is 0.103. The minimum absolute atomic E-state index is 0.182. The molecule has 22 heavy (non-hydrogen) atoms. The first-order valence-electron chi connectivity index (χ1n) is 7.13. The zero-order chi connectivity index (χ0) is 15.1. The summed E-state index contributed by atoms with van der Waals surface area (Å²) in [4.78, 5) is 12.8. The van der Waals surface area contributed by atoms with E-state index in [4.69, 9.17) is 11.6 Å². The van der Waals surface area contributed by atoms with E-state index < -0.39 is 0 Å². The van der Waals surface area contributed by atoms with E-state index in [1.807, 2.05) is 22.7 Å². The first-order chi connectivity index (χ1) is 10.7. The third-order valence-electron chi connectivity index (χ3n) is 3.98. The van der Waals surface area contributed by atoms with Crippen molar-refractivity contribution in [2.24, 2.45) is 0 Å². The van der Waals surface area contributed by atoms with Crippen LogP contribution in [0.2, 0.25) is 4.34 Å². The third-order valence-corrected chi connectivity index (χ3v) is 5.21. The Bertz CT molecular complexity index is 852. The topological polar surface area (TPSA) is 59.3 Å². The molecular formula is C15H13ClN4OS. The van der Waals surface area contributed by atoms with Crippen LogP contribution in [0.3, 0.4) is 0 Å². The number of hydrogen-bond acceptors (Lipinski definition) is 4. The molecule has 1 aliphatic carbocycles. The summed E-state index contributed by atoms with van der Waals surface area (Å²) in [6.45, 7) is 0. The summed E-state index contributed by atoms with van der Waals surface area (Å²) >= 11 is 7.13. The maximum Gasteiger partial charge on any atom is 0.265 e. The lowest BCUT2D eigenvalue weighted by Crippen LogP contribution is -2.13. The molecule has 4 rings (SSSR count). The zero-order valence-electron chi connectivity index (χ0n) is 11.6. The van der Waals surface area contributed by atoms with Gasteiger partial charge in [-0.1, -0.05) is 18.0 Å². The molecule has 1 amide bonds. The molecule has 0 bridgehead atoms. The van der Waals surface area contributed by atoms with E-state index in [9.17, 15) is 4.79 Å². The highest BCUT2D eigenvalue weighted by atomic mass is 35.5. The van der Waals surface area contributed by atoms with E-state index in [2.05, 4.69) is 15.5 Å². The van der Waals surface area contributed by atoms with Crippen LogP contribution in [0.1, 0.15) is 40.7 Å². The van der Waals surface area contributed by atoms with Crippen LogP contribution in [-0.4, -0.2) is 20.5 Å². The highest BCUT2D eigenvalue weighted by molar-refractivity contribution is 7.18. The summed E-state index contributed by atoms with van der Waals surface area (Å²) < 4.78 is 2.57. The van der Waals surface area contributed by atoms with Gasteiger partial charge in [-0.2, -0.15) is 0 Å². The Hall–Kier alpha value is -1.92. The summed E-state index contributed by atoms with van der Waals surface area (Å²) in [6.07, 6.45) is 5.51. The van der Waals surface area contributed by atoms with E-state index >= 15 is 0 Å². The molecule has 1 fully saturated rings. The van der Waals surface area contributed by atoms with Gasteiger partial charge in [0.25, 0.3) is 5.91 Å². The first-order valence-corrected chi connectivity index (χ1v) is 8.32. The SMILES string of the molecule is O=C(Nc1cccn2c(C3CCC3)nnc12)c1ccc(Cl)s1. The number of hydrogen-bond donors (Lipinski definition) is 1. The quantitative estimate of drug-likeness (QED) is 0.789. The van der Waals surface area contributed by atoms with Gasteiger partial charge >= 0.3 is 0 Å². The summed E-state index contributed by atoms with van der Waals surface area (Å²) in [7, 11) is 0. The van der Waals surface area contributed by atoms with Crippen molar-refractivity contribution in [2.75, 3.05) is 5.32 Å². The first kappa shape index (κ1) is 13.7. The molecular weight excluding hydrogens is 320 g/mol. The van der Waals surface area contributed by atoms with E-state index in [-0.39, 0.29) is 5.91 Å². The Morgan fingerprint density at radius 1 is 1.32 bits per heavy atom. The van der Waals surface area contributed by atoms with Crippen LogP contribution in [0.15, 0.2) is 30.5 Å². The number of amides is 1. The van der Waals surface area contributed by atoms with Gasteiger partial charge in [-0.3, -0.25) is 9.20 Å². The van der Waals surface area contributed by atoms with Gasteiger partial charge in [-0.25, -0.2) is 0 Å². The van der Waals surface area contributed by atoms with Crippen molar-refractivity contribution >= 4 is 40.2 Å². The van der Waals surface area contributed by atoms with Gasteiger partial charge in [-0.15, -0.1) is 21.5 Å². The molecule has 0 spiro atoms. The number of pyridine rings is 1. The monoisotopic (exact) mass is 332 g/mol. The minimum atomic E-state index is -0.182. The predicted octanol–water partition coefficient (Wildman–Crippen LogP) is 3.96. The number of fused-ring (bicyclic) bond motifs is 1. The number of rotatable bonds is 3. The minimum Gasteiger partial charge on any atom is -0.318 e. The van der Waals surface area contributed by atoms with Gasteiger partial charge in [0, 0.05) is 12.1 Å². The maximum atomic E-state index is 12.3. The molecule has 1 N–H and O–H groups in total. The smallest absolute Gasteiger partial charge is 0.265 e. The lowest BCUT2D eigenvalue weighted by Gasteiger charge is -2.23. The zero-order valence-corrected chi connectivity index (χ0v) is 13.2. The molecule has 112 valence electrons. The van der Waals surface area contributed by atoms with Crippen LogP contribution < -0.4 is 5.32 Å². The van der Waals surface area contributed by atoms with Crippen molar-refractivity contribution in [3.63, 3.8) is 0 Å². The van der Waals surface area contributed by atoms with Gasteiger partial charge in [-0.05, 0) is 37.1 Å². The Morgan fingerprint density at radius 2 is 2.18 bits per heavy atom. The van der Waals surface area contributed by atoms with Gasteiger partial charge in [0.05, 0.1) is 14.9 Å². The maximum absolute atomic E-state index is 12.3. The molecule has 0 aliphatic heterocycles. The molecule has 3 aromatic rings. The fourth-order valence-electron chi connectivity index (χ4n) is 2.60. The van der Waals surface area contributed by atoms with Crippen molar-refractivity contribution in [1.29, 1.82) is 0 Å². The van der Waals surface area contributed by atoms with E-state index in [0.29, 0.717) is 26.5 Å². The number of anilines is 1. The van der Waals surface area contributed by atoms with E-state index in [1.54, 1.807) is 12.1 Å². The molecule has 3 heterocycles. The van der Waals surface area contributed by atoms with Crippen molar-refractivity contribution in [2.45, 2.75) is 25.2 Å². The van der Waals surface area contributed by atoms with Crippen LogP contribution >= 0.6 is 22.9 Å². The van der Waals surface area contributed by atoms with Crippen LogP contribution in [0.4, 0.5) is 5.69 Å². The van der Waals surface area contributed by atoms with Crippen molar-refractivity contribution in [1.82, 2.24) is 14.6 Å². The number of thiophene rings is 1. The average molecular weight is 333 g/mol. The number of carbonyl (C=O) groups is 1. The van der Waals surface area contributed by atoms with Gasteiger partial charge in [0.2, 0.25) is 0 Å². The third kappa shape index (κ3) is 2.28. The second-order valence-electron chi connectivity index (χ2n) is 5.36. The molecule has 0 aromatic carbocycles. The predicted molar refractivity (Wildman–Crippen MR) is 86.9 cm³/mol. The Morgan fingerprint density at radius 3 is 2.86 bits per heavy atom. The summed E-state index contributed by atoms with van der Waals surface area (Å²) in [5.41, 5.74) is 1.34. The Kier molecular flexibility index (Phi) is 3.35. The fraction of sp³-hybridized carbons (Fsp3) is 0.267. The molecule has 0 atom stereocenters. The van der Waals surface area contributed by atoms with Crippen molar-refractivity contribution < 1.29 is 4.79 Å². The largest absolute Gasteiger partial charge is 0.318 e. The van der Waals surface area contributed by atoms with E-state index in [0.717, 1.165) is 18.7 Å². The Balaban J connectivity index is 1.67. The van der Waals surface area contributed by atoms with Gasteiger partial charge in [0.15, 0.2) is 5.65 Å². The van der Waals surface area contributed by atoms with Crippen LogP contribution in [0.5, 0.6) is 0 Å². The van der Waals surface area contributed by atoms with Gasteiger partial charge < -0.3 is 5.32 Å².